The molecule has 1 aromatic heterocycles. The second-order valence-electron chi connectivity index (χ2n) is 11.7. The van der Waals surface area contributed by atoms with Crippen LogP contribution in [0.25, 0.3) is 31.7 Å². The standard InChI is InChI=1S/C41H29NS/c1-27-13-5-11-21-37(27)42(29-14-3-2-4-15-29)26-28-23-24-31-30-16-6-9-19-34(30)41(36(31)25-28)35-20-10-7-17-32(35)40-39(41)33-18-8-12-22-38(33)43-40/h2-25H,26H2,1H3. The molecule has 0 aliphatic heterocycles. The summed E-state index contributed by atoms with van der Waals surface area (Å²) in [4.78, 5) is 3.87. The van der Waals surface area contributed by atoms with E-state index in [0.717, 1.165) is 6.54 Å². The minimum absolute atomic E-state index is 0.340. The molecule has 2 aliphatic rings. The van der Waals surface area contributed by atoms with Gasteiger partial charge < -0.3 is 4.90 Å². The maximum atomic E-state index is 2.52. The van der Waals surface area contributed by atoms with Crippen molar-refractivity contribution in [2.24, 2.45) is 0 Å². The molecule has 1 atom stereocenters. The Bertz CT molecular complexity index is 2190. The number of nitrogens with zero attached hydrogens (tertiary/aromatic N) is 1. The molecular formula is C41H29NS. The second kappa shape index (κ2) is 9.29. The van der Waals surface area contributed by atoms with E-state index in [1.54, 1.807) is 0 Å². The molecule has 43 heavy (non-hydrogen) atoms. The van der Waals surface area contributed by atoms with Gasteiger partial charge >= 0.3 is 0 Å². The third kappa shape index (κ3) is 3.39. The maximum Gasteiger partial charge on any atom is 0.0740 e. The lowest BCUT2D eigenvalue weighted by atomic mass is 9.70. The van der Waals surface area contributed by atoms with E-state index in [1.807, 2.05) is 11.3 Å². The minimum atomic E-state index is -0.340. The molecule has 0 amide bonds. The summed E-state index contributed by atoms with van der Waals surface area (Å²) in [5.41, 5.74) is 14.4. The highest BCUT2D eigenvalue weighted by molar-refractivity contribution is 7.22. The van der Waals surface area contributed by atoms with E-state index in [0.29, 0.717) is 0 Å². The number of benzene rings is 6. The monoisotopic (exact) mass is 567 g/mol. The van der Waals surface area contributed by atoms with Crippen molar-refractivity contribution in [2.75, 3.05) is 4.90 Å². The van der Waals surface area contributed by atoms with Crippen molar-refractivity contribution in [1.82, 2.24) is 0 Å². The maximum absolute atomic E-state index is 2.52. The van der Waals surface area contributed by atoms with E-state index >= 15 is 0 Å². The second-order valence-corrected chi connectivity index (χ2v) is 12.8. The number of aryl methyl sites for hydroxylation is 1. The van der Waals surface area contributed by atoms with Crippen LogP contribution in [0.2, 0.25) is 0 Å². The van der Waals surface area contributed by atoms with Crippen molar-refractivity contribution in [3.05, 3.63) is 179 Å². The largest absolute Gasteiger partial charge is 0.337 e. The van der Waals surface area contributed by atoms with E-state index in [2.05, 4.69) is 157 Å². The number of hydrogen-bond donors (Lipinski definition) is 0. The molecule has 0 bridgehead atoms. The molecule has 9 rings (SSSR count). The predicted octanol–water partition coefficient (Wildman–Crippen LogP) is 10.9. The van der Waals surface area contributed by atoms with Gasteiger partial charge in [0.05, 0.1) is 5.41 Å². The molecule has 7 aromatic rings. The molecule has 0 saturated heterocycles. The van der Waals surface area contributed by atoms with E-state index < -0.39 is 0 Å². The average Bonchev–Trinajstić information content (AvgIpc) is 3.68. The molecule has 2 aliphatic carbocycles. The summed E-state index contributed by atoms with van der Waals surface area (Å²) in [7, 11) is 0. The summed E-state index contributed by atoms with van der Waals surface area (Å²) in [6, 6.07) is 54.0. The Morgan fingerprint density at radius 3 is 2.07 bits per heavy atom. The Balaban J connectivity index is 1.31. The van der Waals surface area contributed by atoms with Crippen LogP contribution in [-0.2, 0) is 12.0 Å². The van der Waals surface area contributed by atoms with Gasteiger partial charge in [-0.25, -0.2) is 0 Å². The zero-order valence-electron chi connectivity index (χ0n) is 23.9. The van der Waals surface area contributed by atoms with Crippen molar-refractivity contribution >= 4 is 32.8 Å². The molecular weight excluding hydrogens is 539 g/mol. The summed E-state index contributed by atoms with van der Waals surface area (Å²) < 4.78 is 1.36. The molecule has 1 heterocycles. The Hall–Kier alpha value is -4.92. The fraction of sp³-hybridized carbons (Fsp3) is 0.0732. The van der Waals surface area contributed by atoms with Gasteiger partial charge in [-0.05, 0) is 86.6 Å². The number of thiophene rings is 1. The molecule has 2 heteroatoms. The van der Waals surface area contributed by atoms with Crippen LogP contribution in [0.4, 0.5) is 11.4 Å². The first-order chi connectivity index (χ1) is 21.2. The van der Waals surface area contributed by atoms with Crippen molar-refractivity contribution in [3.8, 4) is 21.6 Å². The Labute approximate surface area is 256 Å². The van der Waals surface area contributed by atoms with Gasteiger partial charge in [-0.1, -0.05) is 121 Å². The first-order valence-corrected chi connectivity index (χ1v) is 15.8. The molecule has 1 unspecified atom stereocenters. The first-order valence-electron chi connectivity index (χ1n) is 15.0. The number of hydrogen-bond acceptors (Lipinski definition) is 2. The third-order valence-electron chi connectivity index (χ3n) is 9.47. The molecule has 204 valence electrons. The lowest BCUT2D eigenvalue weighted by Crippen LogP contribution is -2.26. The zero-order chi connectivity index (χ0) is 28.5. The fourth-order valence-electron chi connectivity index (χ4n) is 7.71. The van der Waals surface area contributed by atoms with Gasteiger partial charge in [-0.3, -0.25) is 0 Å². The van der Waals surface area contributed by atoms with Crippen molar-refractivity contribution in [3.63, 3.8) is 0 Å². The first kappa shape index (κ1) is 24.7. The molecule has 1 spiro atoms. The topological polar surface area (TPSA) is 3.24 Å². The van der Waals surface area contributed by atoms with Gasteiger partial charge in [0.15, 0.2) is 0 Å². The third-order valence-corrected chi connectivity index (χ3v) is 10.7. The van der Waals surface area contributed by atoms with Crippen molar-refractivity contribution in [1.29, 1.82) is 0 Å². The smallest absolute Gasteiger partial charge is 0.0740 e. The summed E-state index contributed by atoms with van der Waals surface area (Å²) in [6.07, 6.45) is 0. The molecule has 0 radical (unpaired) electrons. The fourth-order valence-corrected chi connectivity index (χ4v) is 9.01. The summed E-state index contributed by atoms with van der Waals surface area (Å²) in [5, 5.41) is 1.37. The van der Waals surface area contributed by atoms with Crippen molar-refractivity contribution < 1.29 is 0 Å². The highest BCUT2D eigenvalue weighted by atomic mass is 32.1. The zero-order valence-corrected chi connectivity index (χ0v) is 24.7. The molecule has 6 aromatic carbocycles. The predicted molar refractivity (Wildman–Crippen MR) is 182 cm³/mol. The van der Waals surface area contributed by atoms with Crippen LogP contribution in [0.15, 0.2) is 146 Å². The molecule has 0 saturated carbocycles. The van der Waals surface area contributed by atoms with Crippen molar-refractivity contribution in [2.45, 2.75) is 18.9 Å². The highest BCUT2D eigenvalue weighted by Gasteiger charge is 2.53. The van der Waals surface area contributed by atoms with Gasteiger partial charge in [0.25, 0.3) is 0 Å². The van der Waals surface area contributed by atoms with Crippen LogP contribution in [0, 0.1) is 6.92 Å². The van der Waals surface area contributed by atoms with E-state index in [9.17, 15) is 0 Å². The number of rotatable bonds is 4. The van der Waals surface area contributed by atoms with Gasteiger partial charge in [0.1, 0.15) is 0 Å². The minimum Gasteiger partial charge on any atom is -0.337 e. The van der Waals surface area contributed by atoms with E-state index in [4.69, 9.17) is 0 Å². The summed E-state index contributed by atoms with van der Waals surface area (Å²) >= 11 is 1.94. The van der Waals surface area contributed by atoms with Gasteiger partial charge in [-0.2, -0.15) is 0 Å². The van der Waals surface area contributed by atoms with Crippen LogP contribution < -0.4 is 4.90 Å². The van der Waals surface area contributed by atoms with Crippen LogP contribution in [0.1, 0.15) is 33.4 Å². The molecule has 0 N–H and O–H groups in total. The van der Waals surface area contributed by atoms with Crippen LogP contribution in [0.5, 0.6) is 0 Å². The van der Waals surface area contributed by atoms with E-state index in [1.165, 1.54) is 76.4 Å². The van der Waals surface area contributed by atoms with Crippen LogP contribution >= 0.6 is 11.3 Å². The average molecular weight is 568 g/mol. The summed E-state index contributed by atoms with van der Waals surface area (Å²) in [5.74, 6) is 0. The van der Waals surface area contributed by atoms with Crippen LogP contribution in [-0.4, -0.2) is 0 Å². The van der Waals surface area contributed by atoms with E-state index in [-0.39, 0.29) is 5.41 Å². The Kier molecular flexibility index (Phi) is 5.33. The Morgan fingerprint density at radius 1 is 0.581 bits per heavy atom. The molecule has 1 nitrogen and oxygen atoms in total. The number of para-hydroxylation sites is 2. The van der Waals surface area contributed by atoms with Crippen LogP contribution in [0.3, 0.4) is 0 Å². The highest BCUT2D eigenvalue weighted by Crippen LogP contribution is 2.65. The SMILES string of the molecule is Cc1ccccc1N(Cc1ccc2c(c1)C1(c3ccccc3-2)c2ccccc2-c2sc3ccccc3c21)c1ccccc1. The van der Waals surface area contributed by atoms with Gasteiger partial charge in [0, 0.05) is 27.5 Å². The number of fused-ring (bicyclic) bond motifs is 12. The normalized spacial score (nSPS) is 15.7. The number of anilines is 2. The Morgan fingerprint density at radius 2 is 1.23 bits per heavy atom. The lowest BCUT2D eigenvalue weighted by molar-refractivity contribution is 0.799. The van der Waals surface area contributed by atoms with Gasteiger partial charge in [-0.15, -0.1) is 11.3 Å². The quantitative estimate of drug-likeness (QED) is 0.204. The summed E-state index contributed by atoms with van der Waals surface area (Å²) in [6.45, 7) is 2.99. The molecule has 0 fully saturated rings. The lowest BCUT2D eigenvalue weighted by Gasteiger charge is -2.31. The van der Waals surface area contributed by atoms with Gasteiger partial charge in [0.2, 0.25) is 0 Å².